The summed E-state index contributed by atoms with van der Waals surface area (Å²) in [5, 5.41) is 15.8. The number of fused-ring (bicyclic) bond motifs is 3. The molecule has 1 saturated carbocycles. The van der Waals surface area contributed by atoms with Crippen molar-refractivity contribution in [3.05, 3.63) is 17.0 Å². The van der Waals surface area contributed by atoms with Crippen LogP contribution in [0.4, 0.5) is 0 Å². The predicted molar refractivity (Wildman–Crippen MR) is 58.5 cm³/mol. The number of unbranched alkanes of at least 4 members (excludes halogenated alkanes) is 1. The fraction of sp³-hybridized carbons (Fsp3) is 0.667. The highest BCUT2D eigenvalue weighted by molar-refractivity contribution is 5.87. The van der Waals surface area contributed by atoms with Gasteiger partial charge < -0.3 is 5.11 Å². The van der Waals surface area contributed by atoms with E-state index in [1.54, 1.807) is 0 Å². The third-order valence-corrected chi connectivity index (χ3v) is 4.10. The largest absolute Gasteiger partial charge is 0.476 e. The molecule has 0 aliphatic heterocycles. The van der Waals surface area contributed by atoms with Gasteiger partial charge in [0.25, 0.3) is 0 Å². The molecule has 2 N–H and O–H groups in total. The lowest BCUT2D eigenvalue weighted by Gasteiger charge is -2.02. The van der Waals surface area contributed by atoms with Crippen LogP contribution < -0.4 is 0 Å². The molecule has 2 aliphatic carbocycles. The van der Waals surface area contributed by atoms with Gasteiger partial charge in [-0.1, -0.05) is 19.8 Å². The zero-order valence-corrected chi connectivity index (χ0v) is 9.36. The molecule has 0 bridgehead atoms. The first kappa shape index (κ1) is 9.87. The first-order chi connectivity index (χ1) is 7.74. The molecule has 1 heterocycles. The van der Waals surface area contributed by atoms with Gasteiger partial charge >= 0.3 is 5.97 Å². The van der Waals surface area contributed by atoms with Crippen molar-refractivity contribution in [3.8, 4) is 0 Å². The number of aromatic carboxylic acids is 1. The Labute approximate surface area is 94.1 Å². The molecule has 0 aromatic carbocycles. The van der Waals surface area contributed by atoms with Crippen LogP contribution in [-0.2, 0) is 6.42 Å². The van der Waals surface area contributed by atoms with Crippen molar-refractivity contribution in [3.63, 3.8) is 0 Å². The van der Waals surface area contributed by atoms with Gasteiger partial charge in [0.15, 0.2) is 5.69 Å². The van der Waals surface area contributed by atoms with Crippen LogP contribution >= 0.6 is 0 Å². The average molecular weight is 220 g/mol. The molecule has 1 fully saturated rings. The minimum Gasteiger partial charge on any atom is -0.476 e. The lowest BCUT2D eigenvalue weighted by molar-refractivity contribution is 0.0689. The SMILES string of the molecule is CCCC[C@@H]1[C@@H]2Cc3c(C(=O)O)n[nH]c3[C@H]12. The number of carbonyl (C=O) groups is 1. The number of carboxylic acid groups (broad SMARTS) is 1. The summed E-state index contributed by atoms with van der Waals surface area (Å²) >= 11 is 0. The molecular formula is C12H16N2O2. The molecule has 0 unspecified atom stereocenters. The number of rotatable bonds is 4. The van der Waals surface area contributed by atoms with E-state index in [4.69, 9.17) is 5.11 Å². The second kappa shape index (κ2) is 3.34. The van der Waals surface area contributed by atoms with Crippen LogP contribution in [0.25, 0.3) is 0 Å². The molecule has 0 amide bonds. The van der Waals surface area contributed by atoms with Crippen LogP contribution in [0, 0.1) is 11.8 Å². The number of carboxylic acids is 1. The smallest absolute Gasteiger partial charge is 0.356 e. The van der Waals surface area contributed by atoms with Crippen molar-refractivity contribution in [1.82, 2.24) is 10.2 Å². The molecule has 0 saturated heterocycles. The van der Waals surface area contributed by atoms with E-state index < -0.39 is 5.97 Å². The number of hydrogen-bond donors (Lipinski definition) is 2. The Morgan fingerprint density at radius 3 is 3.12 bits per heavy atom. The maximum absolute atomic E-state index is 10.9. The number of H-pyrrole nitrogens is 1. The first-order valence-corrected chi connectivity index (χ1v) is 6.04. The second-order valence-electron chi connectivity index (χ2n) is 4.97. The molecule has 3 rings (SSSR count). The maximum Gasteiger partial charge on any atom is 0.356 e. The highest BCUT2D eigenvalue weighted by Crippen LogP contribution is 2.63. The van der Waals surface area contributed by atoms with E-state index in [-0.39, 0.29) is 5.69 Å². The molecule has 1 aromatic rings. The molecule has 2 aliphatic rings. The van der Waals surface area contributed by atoms with E-state index in [1.165, 1.54) is 19.3 Å². The maximum atomic E-state index is 10.9. The molecule has 3 atom stereocenters. The van der Waals surface area contributed by atoms with Crippen molar-refractivity contribution in [1.29, 1.82) is 0 Å². The standard InChI is InChI=1S/C12H16N2O2/c1-2-3-4-6-7-5-8-10(9(6)7)13-14-11(8)12(15)16/h6-7,9H,2-5H2,1H3,(H,13,14)(H,15,16)/t6-,7+,9-/m1/s1. The van der Waals surface area contributed by atoms with Crippen molar-refractivity contribution in [2.75, 3.05) is 0 Å². The Bertz CT molecular complexity index is 438. The summed E-state index contributed by atoms with van der Waals surface area (Å²) in [6.07, 6.45) is 4.73. The van der Waals surface area contributed by atoms with E-state index in [0.717, 1.165) is 23.6 Å². The average Bonchev–Trinajstić information content (AvgIpc) is 2.60. The van der Waals surface area contributed by atoms with Crippen molar-refractivity contribution >= 4 is 5.97 Å². The summed E-state index contributed by atoms with van der Waals surface area (Å²) < 4.78 is 0. The van der Waals surface area contributed by atoms with Gasteiger partial charge in [0.1, 0.15) is 0 Å². The summed E-state index contributed by atoms with van der Waals surface area (Å²) in [4.78, 5) is 10.9. The third kappa shape index (κ3) is 1.22. The molecule has 86 valence electrons. The van der Waals surface area contributed by atoms with E-state index in [2.05, 4.69) is 17.1 Å². The Balaban J connectivity index is 1.78. The number of nitrogens with zero attached hydrogens (tertiary/aromatic N) is 1. The van der Waals surface area contributed by atoms with Gasteiger partial charge in [0, 0.05) is 17.2 Å². The Morgan fingerprint density at radius 1 is 1.62 bits per heavy atom. The topological polar surface area (TPSA) is 66.0 Å². The van der Waals surface area contributed by atoms with Gasteiger partial charge in [-0.05, 0) is 24.7 Å². The van der Waals surface area contributed by atoms with Gasteiger partial charge in [0.05, 0.1) is 0 Å². The van der Waals surface area contributed by atoms with Crippen LogP contribution in [0.1, 0.15) is 53.8 Å². The van der Waals surface area contributed by atoms with Crippen LogP contribution in [0.3, 0.4) is 0 Å². The number of aromatic nitrogens is 2. The minimum atomic E-state index is -0.899. The molecule has 16 heavy (non-hydrogen) atoms. The lowest BCUT2D eigenvalue weighted by Crippen LogP contribution is -2.02. The molecular weight excluding hydrogens is 204 g/mol. The van der Waals surface area contributed by atoms with Crippen molar-refractivity contribution in [2.24, 2.45) is 11.8 Å². The molecule has 4 nitrogen and oxygen atoms in total. The molecule has 0 spiro atoms. The first-order valence-electron chi connectivity index (χ1n) is 6.04. The Kier molecular flexibility index (Phi) is 2.06. The second-order valence-corrected chi connectivity index (χ2v) is 4.97. The minimum absolute atomic E-state index is 0.247. The molecule has 4 heteroatoms. The van der Waals surface area contributed by atoms with Gasteiger partial charge in [-0.15, -0.1) is 0 Å². The Hall–Kier alpha value is -1.32. The monoisotopic (exact) mass is 220 g/mol. The highest BCUT2D eigenvalue weighted by Gasteiger charge is 2.57. The zero-order valence-electron chi connectivity index (χ0n) is 9.36. The fourth-order valence-corrected chi connectivity index (χ4v) is 3.26. The van der Waals surface area contributed by atoms with Crippen LogP contribution in [0.15, 0.2) is 0 Å². The lowest BCUT2D eigenvalue weighted by atomic mass is 10.0. The summed E-state index contributed by atoms with van der Waals surface area (Å²) in [5.41, 5.74) is 2.33. The van der Waals surface area contributed by atoms with Gasteiger partial charge in [-0.2, -0.15) is 5.10 Å². The van der Waals surface area contributed by atoms with E-state index in [1.807, 2.05) is 0 Å². The van der Waals surface area contributed by atoms with E-state index >= 15 is 0 Å². The summed E-state index contributed by atoms with van der Waals surface area (Å²) in [6.45, 7) is 2.21. The van der Waals surface area contributed by atoms with Crippen molar-refractivity contribution < 1.29 is 9.90 Å². The highest BCUT2D eigenvalue weighted by atomic mass is 16.4. The van der Waals surface area contributed by atoms with Gasteiger partial charge in [-0.25, -0.2) is 4.79 Å². The molecule has 0 radical (unpaired) electrons. The van der Waals surface area contributed by atoms with E-state index in [0.29, 0.717) is 11.8 Å². The van der Waals surface area contributed by atoms with Crippen LogP contribution in [-0.4, -0.2) is 21.3 Å². The van der Waals surface area contributed by atoms with Crippen LogP contribution in [0.2, 0.25) is 0 Å². The third-order valence-electron chi connectivity index (χ3n) is 4.10. The van der Waals surface area contributed by atoms with Gasteiger partial charge in [-0.3, -0.25) is 5.10 Å². The summed E-state index contributed by atoms with van der Waals surface area (Å²) in [5.74, 6) is 1.18. The van der Waals surface area contributed by atoms with Crippen LogP contribution in [0.5, 0.6) is 0 Å². The zero-order chi connectivity index (χ0) is 11.3. The number of hydrogen-bond acceptors (Lipinski definition) is 2. The normalized spacial score (nSPS) is 29.9. The summed E-state index contributed by atoms with van der Waals surface area (Å²) in [7, 11) is 0. The molecule has 1 aromatic heterocycles. The quantitative estimate of drug-likeness (QED) is 0.817. The number of aromatic amines is 1. The fourth-order valence-electron chi connectivity index (χ4n) is 3.26. The van der Waals surface area contributed by atoms with Gasteiger partial charge in [0.2, 0.25) is 0 Å². The Morgan fingerprint density at radius 2 is 2.44 bits per heavy atom. The van der Waals surface area contributed by atoms with Crippen molar-refractivity contribution in [2.45, 2.75) is 38.5 Å². The number of nitrogens with one attached hydrogen (secondary N) is 1. The summed E-state index contributed by atoms with van der Waals surface area (Å²) in [6, 6.07) is 0. The predicted octanol–water partition coefficient (Wildman–Crippen LogP) is 2.18. The van der Waals surface area contributed by atoms with E-state index in [9.17, 15) is 4.79 Å².